The number of carbonyl (C=O) groups is 2. The zero-order valence-corrected chi connectivity index (χ0v) is 29.6. The molecular weight excluding hydrogens is 665 g/mol. The molecule has 0 unspecified atom stereocenters. The molecule has 0 saturated heterocycles. The Morgan fingerprint density at radius 1 is 0.812 bits per heavy atom. The zero-order valence-electron chi connectivity index (χ0n) is 27.2. The average Bonchev–Trinajstić information content (AvgIpc) is 3.09. The van der Waals surface area contributed by atoms with Crippen LogP contribution in [0.4, 0.5) is 5.69 Å². The van der Waals surface area contributed by atoms with Crippen molar-refractivity contribution in [2.24, 2.45) is 0 Å². The first-order valence-electron chi connectivity index (χ1n) is 16.3. The van der Waals surface area contributed by atoms with Crippen molar-refractivity contribution in [2.75, 3.05) is 10.8 Å². The fourth-order valence-electron chi connectivity index (χ4n) is 6.17. The smallest absolute Gasteiger partial charge is 0.264 e. The maximum atomic E-state index is 14.8. The molecule has 0 aromatic heterocycles. The first-order valence-corrected chi connectivity index (χ1v) is 18.5. The number of aryl methyl sites for hydroxylation is 1. The van der Waals surface area contributed by atoms with Gasteiger partial charge in [0, 0.05) is 19.0 Å². The average molecular weight is 707 g/mol. The minimum absolute atomic E-state index is 0.0105. The summed E-state index contributed by atoms with van der Waals surface area (Å²) in [6.07, 6.45) is 5.18. The van der Waals surface area contributed by atoms with Gasteiger partial charge in [-0.3, -0.25) is 13.9 Å². The van der Waals surface area contributed by atoms with Crippen LogP contribution < -0.4 is 9.62 Å². The van der Waals surface area contributed by atoms with E-state index in [2.05, 4.69) is 5.32 Å². The molecule has 4 aromatic rings. The van der Waals surface area contributed by atoms with Gasteiger partial charge in [0.1, 0.15) is 12.6 Å². The van der Waals surface area contributed by atoms with Gasteiger partial charge in [-0.1, -0.05) is 109 Å². The zero-order chi connectivity index (χ0) is 34.3. The Morgan fingerprint density at radius 2 is 1.48 bits per heavy atom. The Morgan fingerprint density at radius 3 is 2.15 bits per heavy atom. The molecule has 0 aliphatic heterocycles. The van der Waals surface area contributed by atoms with Gasteiger partial charge in [-0.2, -0.15) is 0 Å². The second-order valence-corrected chi connectivity index (χ2v) is 15.0. The number of halogens is 2. The molecule has 252 valence electrons. The van der Waals surface area contributed by atoms with Crippen molar-refractivity contribution in [1.29, 1.82) is 0 Å². The van der Waals surface area contributed by atoms with Gasteiger partial charge in [0.05, 0.1) is 20.6 Å². The van der Waals surface area contributed by atoms with Gasteiger partial charge in [-0.05, 0) is 79.3 Å². The van der Waals surface area contributed by atoms with Crippen LogP contribution in [-0.2, 0) is 32.6 Å². The van der Waals surface area contributed by atoms with Crippen molar-refractivity contribution in [1.82, 2.24) is 10.2 Å². The molecule has 0 spiro atoms. The van der Waals surface area contributed by atoms with E-state index in [0.29, 0.717) is 21.3 Å². The van der Waals surface area contributed by atoms with E-state index in [0.717, 1.165) is 53.1 Å². The summed E-state index contributed by atoms with van der Waals surface area (Å²) in [5.74, 6) is -0.801. The summed E-state index contributed by atoms with van der Waals surface area (Å²) in [5.41, 5.74) is 3.54. The van der Waals surface area contributed by atoms with E-state index in [1.165, 1.54) is 17.0 Å². The summed E-state index contributed by atoms with van der Waals surface area (Å²) >= 11 is 12.6. The summed E-state index contributed by atoms with van der Waals surface area (Å²) in [6.45, 7) is 3.23. The van der Waals surface area contributed by atoms with Crippen LogP contribution in [0.2, 0.25) is 10.0 Å². The summed E-state index contributed by atoms with van der Waals surface area (Å²) in [5, 5.41) is 3.91. The fraction of sp³-hybridized carbons (Fsp3) is 0.316. The number of rotatable bonds is 12. The van der Waals surface area contributed by atoms with Crippen molar-refractivity contribution in [2.45, 2.75) is 75.9 Å². The molecular formula is C38H41Cl2N3O4S. The van der Waals surface area contributed by atoms with Crippen LogP contribution in [0.15, 0.2) is 102 Å². The third-order valence-corrected chi connectivity index (χ3v) is 11.5. The third kappa shape index (κ3) is 8.59. The lowest BCUT2D eigenvalue weighted by Crippen LogP contribution is -2.55. The molecule has 1 N–H and O–H groups in total. The monoisotopic (exact) mass is 705 g/mol. The number of amides is 2. The number of hydrogen-bond acceptors (Lipinski definition) is 4. The summed E-state index contributed by atoms with van der Waals surface area (Å²) in [7, 11) is -4.19. The normalized spacial score (nSPS) is 14.2. The number of nitrogens with zero attached hydrogens (tertiary/aromatic N) is 2. The largest absolute Gasteiger partial charge is 0.352 e. The highest BCUT2D eigenvalue weighted by atomic mass is 35.5. The first kappa shape index (κ1) is 35.5. The predicted octanol–water partition coefficient (Wildman–Crippen LogP) is 7.89. The minimum Gasteiger partial charge on any atom is -0.352 e. The Balaban J connectivity index is 1.59. The molecule has 48 heavy (non-hydrogen) atoms. The van der Waals surface area contributed by atoms with Crippen LogP contribution in [0.25, 0.3) is 0 Å². The number of anilines is 1. The van der Waals surface area contributed by atoms with Gasteiger partial charge >= 0.3 is 0 Å². The highest BCUT2D eigenvalue weighted by molar-refractivity contribution is 7.92. The summed E-state index contributed by atoms with van der Waals surface area (Å²) < 4.78 is 29.8. The van der Waals surface area contributed by atoms with Crippen LogP contribution in [0.5, 0.6) is 0 Å². The molecule has 1 fully saturated rings. The Labute approximate surface area is 293 Å². The maximum Gasteiger partial charge on any atom is 0.264 e. The van der Waals surface area contributed by atoms with Gasteiger partial charge < -0.3 is 10.2 Å². The predicted molar refractivity (Wildman–Crippen MR) is 193 cm³/mol. The second kappa shape index (κ2) is 16.0. The highest BCUT2D eigenvalue weighted by Gasteiger charge is 2.36. The first-order chi connectivity index (χ1) is 23.0. The van der Waals surface area contributed by atoms with E-state index >= 15 is 0 Å². The highest BCUT2D eigenvalue weighted by Crippen LogP contribution is 2.30. The van der Waals surface area contributed by atoms with Crippen molar-refractivity contribution >= 4 is 50.7 Å². The molecule has 0 bridgehead atoms. The molecule has 5 rings (SSSR count). The summed E-state index contributed by atoms with van der Waals surface area (Å²) in [4.78, 5) is 30.6. The van der Waals surface area contributed by atoms with E-state index in [4.69, 9.17) is 23.2 Å². The molecule has 7 nitrogen and oxygen atoms in total. The van der Waals surface area contributed by atoms with Crippen LogP contribution in [0, 0.1) is 13.8 Å². The van der Waals surface area contributed by atoms with Crippen LogP contribution >= 0.6 is 23.2 Å². The Bertz CT molecular complexity index is 1830. The van der Waals surface area contributed by atoms with E-state index in [-0.39, 0.29) is 29.8 Å². The number of carbonyl (C=O) groups excluding carboxylic acids is 2. The lowest BCUT2D eigenvalue weighted by Gasteiger charge is -2.35. The lowest BCUT2D eigenvalue weighted by molar-refractivity contribution is -0.140. The topological polar surface area (TPSA) is 86.8 Å². The fourth-order valence-corrected chi connectivity index (χ4v) is 7.99. The summed E-state index contributed by atoms with van der Waals surface area (Å²) in [6, 6.07) is 27.1. The minimum atomic E-state index is -4.19. The molecule has 0 radical (unpaired) electrons. The van der Waals surface area contributed by atoms with Crippen LogP contribution in [-0.4, -0.2) is 43.8 Å². The molecule has 1 aliphatic rings. The maximum absolute atomic E-state index is 14.8. The number of nitrogens with one attached hydrogen (secondary N) is 1. The molecule has 0 heterocycles. The van der Waals surface area contributed by atoms with Gasteiger partial charge in [0.2, 0.25) is 11.8 Å². The van der Waals surface area contributed by atoms with E-state index in [1.807, 2.05) is 50.2 Å². The van der Waals surface area contributed by atoms with Crippen LogP contribution in [0.3, 0.4) is 0 Å². The lowest BCUT2D eigenvalue weighted by atomic mass is 9.94. The van der Waals surface area contributed by atoms with Crippen molar-refractivity contribution in [3.63, 3.8) is 0 Å². The molecule has 10 heteroatoms. The SMILES string of the molecule is Cc1cccc(N(CC(=O)N(Cc2ccc(Cl)c(Cl)c2)[C@@H](Cc2ccccc2)C(=O)NC2CCCCC2)S(=O)(=O)c2ccccc2)c1C. The molecule has 1 atom stereocenters. The Hall–Kier alpha value is -3.85. The molecule has 2 amide bonds. The van der Waals surface area contributed by atoms with E-state index < -0.39 is 28.5 Å². The van der Waals surface area contributed by atoms with Crippen molar-refractivity contribution in [3.8, 4) is 0 Å². The molecule has 4 aromatic carbocycles. The molecule has 1 saturated carbocycles. The van der Waals surface area contributed by atoms with Gasteiger partial charge in [0.15, 0.2) is 0 Å². The van der Waals surface area contributed by atoms with Crippen molar-refractivity contribution in [3.05, 3.63) is 129 Å². The second-order valence-electron chi connectivity index (χ2n) is 12.4. The number of hydrogen-bond donors (Lipinski definition) is 1. The van der Waals surface area contributed by atoms with Crippen LogP contribution in [0.1, 0.15) is 54.4 Å². The quantitative estimate of drug-likeness (QED) is 0.162. The van der Waals surface area contributed by atoms with Gasteiger partial charge in [-0.25, -0.2) is 8.42 Å². The van der Waals surface area contributed by atoms with E-state index in [9.17, 15) is 18.0 Å². The van der Waals surface area contributed by atoms with Gasteiger partial charge in [-0.15, -0.1) is 0 Å². The Kier molecular flexibility index (Phi) is 11.8. The van der Waals surface area contributed by atoms with Gasteiger partial charge in [0.25, 0.3) is 10.0 Å². The van der Waals surface area contributed by atoms with E-state index in [1.54, 1.807) is 48.5 Å². The number of sulfonamides is 1. The molecule has 1 aliphatic carbocycles. The standard InChI is InChI=1S/C38H41Cl2N3O4S/c1-27-13-12-20-35(28(27)2)43(48(46,47)32-18-10-5-11-19-32)26-37(44)42(25-30-21-22-33(39)34(40)23-30)36(24-29-14-6-3-7-15-29)38(45)41-31-16-8-4-9-17-31/h3,5-7,10-15,18-23,31,36H,4,8-9,16-17,24-26H2,1-2H3,(H,41,45)/t36-/m0/s1. The van der Waals surface area contributed by atoms with Crippen molar-refractivity contribution < 1.29 is 18.0 Å². The third-order valence-electron chi connectivity index (χ3n) is 9.01. The number of benzene rings is 4.